The minimum absolute atomic E-state index is 0.283. The second-order valence-corrected chi connectivity index (χ2v) is 5.41. The van der Waals surface area contributed by atoms with Crippen LogP contribution in [0, 0.1) is 0 Å². The van der Waals surface area contributed by atoms with Crippen molar-refractivity contribution in [1.82, 2.24) is 10.3 Å². The molecule has 5 heteroatoms. The summed E-state index contributed by atoms with van der Waals surface area (Å²) >= 11 is 5.98. The van der Waals surface area contributed by atoms with E-state index in [2.05, 4.69) is 16.4 Å². The number of carbonyl (C=O) groups is 1. The SMILES string of the molecule is CN(Cc1ccc(C(=O)NN)cc1)Cc1cccc(Cl)c1. The van der Waals surface area contributed by atoms with Crippen LogP contribution in [0.5, 0.6) is 0 Å². The number of nitrogens with two attached hydrogens (primary N) is 1. The minimum atomic E-state index is -0.283. The van der Waals surface area contributed by atoms with Crippen molar-refractivity contribution in [2.45, 2.75) is 13.1 Å². The van der Waals surface area contributed by atoms with E-state index in [9.17, 15) is 4.79 Å². The number of halogens is 1. The van der Waals surface area contributed by atoms with Crippen LogP contribution < -0.4 is 11.3 Å². The second kappa shape index (κ2) is 7.22. The average Bonchev–Trinajstić information content (AvgIpc) is 2.47. The van der Waals surface area contributed by atoms with Crippen molar-refractivity contribution in [3.8, 4) is 0 Å². The molecule has 0 aliphatic carbocycles. The van der Waals surface area contributed by atoms with Crippen LogP contribution in [0.15, 0.2) is 48.5 Å². The molecule has 0 aromatic heterocycles. The molecule has 0 aliphatic rings. The van der Waals surface area contributed by atoms with Gasteiger partial charge in [-0.25, -0.2) is 5.84 Å². The molecule has 0 atom stereocenters. The summed E-state index contributed by atoms with van der Waals surface area (Å²) in [7, 11) is 2.04. The average molecular weight is 304 g/mol. The molecule has 0 spiro atoms. The quantitative estimate of drug-likeness (QED) is 0.507. The van der Waals surface area contributed by atoms with Gasteiger partial charge in [-0.05, 0) is 42.4 Å². The highest BCUT2D eigenvalue weighted by Crippen LogP contribution is 2.14. The number of benzene rings is 2. The number of amides is 1. The predicted octanol–water partition coefficient (Wildman–Crippen LogP) is 2.58. The van der Waals surface area contributed by atoms with Gasteiger partial charge in [-0.15, -0.1) is 0 Å². The fourth-order valence-electron chi connectivity index (χ4n) is 2.16. The number of nitrogens with zero attached hydrogens (tertiary/aromatic N) is 1. The van der Waals surface area contributed by atoms with Gasteiger partial charge in [0, 0.05) is 23.7 Å². The molecule has 0 bridgehead atoms. The molecule has 0 saturated heterocycles. The Kier molecular flexibility index (Phi) is 5.33. The molecule has 110 valence electrons. The van der Waals surface area contributed by atoms with Crippen LogP contribution in [0.4, 0.5) is 0 Å². The van der Waals surface area contributed by atoms with E-state index >= 15 is 0 Å². The van der Waals surface area contributed by atoms with Crippen LogP contribution in [0.1, 0.15) is 21.5 Å². The summed E-state index contributed by atoms with van der Waals surface area (Å²) in [5.74, 6) is 4.82. The van der Waals surface area contributed by atoms with Crippen molar-refractivity contribution in [2.24, 2.45) is 5.84 Å². The number of hydrazine groups is 1. The number of nitrogens with one attached hydrogen (secondary N) is 1. The van der Waals surface area contributed by atoms with Gasteiger partial charge in [0.25, 0.3) is 5.91 Å². The molecule has 0 fully saturated rings. The molecule has 0 unspecified atom stereocenters. The van der Waals surface area contributed by atoms with Crippen molar-refractivity contribution in [3.05, 3.63) is 70.2 Å². The summed E-state index contributed by atoms with van der Waals surface area (Å²) in [6.07, 6.45) is 0. The summed E-state index contributed by atoms with van der Waals surface area (Å²) in [6, 6.07) is 15.2. The lowest BCUT2D eigenvalue weighted by atomic mass is 10.1. The molecule has 2 aromatic rings. The summed E-state index contributed by atoms with van der Waals surface area (Å²) in [6.45, 7) is 1.60. The summed E-state index contributed by atoms with van der Waals surface area (Å²) < 4.78 is 0. The highest BCUT2D eigenvalue weighted by Gasteiger charge is 2.05. The van der Waals surface area contributed by atoms with Crippen molar-refractivity contribution in [1.29, 1.82) is 0 Å². The molecule has 1 amide bonds. The first-order valence-corrected chi connectivity index (χ1v) is 6.99. The number of nitrogen functional groups attached to an aromatic ring is 1. The van der Waals surface area contributed by atoms with Crippen LogP contribution >= 0.6 is 11.6 Å². The first kappa shape index (κ1) is 15.5. The van der Waals surface area contributed by atoms with Crippen LogP contribution in [-0.4, -0.2) is 17.9 Å². The highest BCUT2D eigenvalue weighted by molar-refractivity contribution is 6.30. The molecule has 0 aliphatic heterocycles. The first-order valence-electron chi connectivity index (χ1n) is 6.61. The zero-order chi connectivity index (χ0) is 15.2. The number of hydrogen-bond donors (Lipinski definition) is 2. The van der Waals surface area contributed by atoms with E-state index in [0.29, 0.717) is 5.56 Å². The molecule has 2 rings (SSSR count). The van der Waals surface area contributed by atoms with Gasteiger partial charge in [-0.1, -0.05) is 35.9 Å². The third-order valence-corrected chi connectivity index (χ3v) is 3.38. The molecule has 0 heterocycles. The number of carbonyl (C=O) groups excluding carboxylic acids is 1. The van der Waals surface area contributed by atoms with Gasteiger partial charge < -0.3 is 0 Å². The van der Waals surface area contributed by atoms with Gasteiger partial charge in [0.2, 0.25) is 0 Å². The Balaban J connectivity index is 1.96. The highest BCUT2D eigenvalue weighted by atomic mass is 35.5. The Morgan fingerprint density at radius 1 is 1.14 bits per heavy atom. The van der Waals surface area contributed by atoms with Crippen molar-refractivity contribution >= 4 is 17.5 Å². The van der Waals surface area contributed by atoms with E-state index in [0.717, 1.165) is 23.7 Å². The molecule has 4 nitrogen and oxygen atoms in total. The van der Waals surface area contributed by atoms with E-state index in [1.165, 1.54) is 5.56 Å². The predicted molar refractivity (Wildman–Crippen MR) is 84.7 cm³/mol. The Bertz CT molecular complexity index is 613. The van der Waals surface area contributed by atoms with Gasteiger partial charge in [-0.3, -0.25) is 15.1 Å². The van der Waals surface area contributed by atoms with Gasteiger partial charge >= 0.3 is 0 Å². The maximum atomic E-state index is 11.4. The lowest BCUT2D eigenvalue weighted by molar-refractivity contribution is 0.0953. The van der Waals surface area contributed by atoms with Crippen molar-refractivity contribution < 1.29 is 4.79 Å². The monoisotopic (exact) mass is 303 g/mol. The fraction of sp³-hybridized carbons (Fsp3) is 0.188. The Hall–Kier alpha value is -1.88. The van der Waals surface area contributed by atoms with E-state index in [1.807, 2.05) is 37.4 Å². The van der Waals surface area contributed by atoms with Crippen LogP contribution in [0.2, 0.25) is 5.02 Å². The van der Waals surface area contributed by atoms with E-state index in [1.54, 1.807) is 12.1 Å². The van der Waals surface area contributed by atoms with Gasteiger partial charge in [-0.2, -0.15) is 0 Å². The summed E-state index contributed by atoms with van der Waals surface area (Å²) in [5.41, 5.74) is 4.97. The standard InChI is InChI=1S/C16H18ClN3O/c1-20(11-13-3-2-4-15(17)9-13)10-12-5-7-14(8-6-12)16(21)19-18/h2-9H,10-11,18H2,1H3,(H,19,21). The molecule has 2 aromatic carbocycles. The van der Waals surface area contributed by atoms with Crippen molar-refractivity contribution in [2.75, 3.05) is 7.05 Å². The van der Waals surface area contributed by atoms with Gasteiger partial charge in [0.15, 0.2) is 0 Å². The largest absolute Gasteiger partial charge is 0.298 e. The van der Waals surface area contributed by atoms with E-state index in [4.69, 9.17) is 17.4 Å². The molecule has 0 saturated carbocycles. The second-order valence-electron chi connectivity index (χ2n) is 4.97. The topological polar surface area (TPSA) is 58.4 Å². The molecule has 0 radical (unpaired) electrons. The lowest BCUT2D eigenvalue weighted by Crippen LogP contribution is -2.29. The van der Waals surface area contributed by atoms with Crippen molar-refractivity contribution in [3.63, 3.8) is 0 Å². The third kappa shape index (κ3) is 4.56. The lowest BCUT2D eigenvalue weighted by Gasteiger charge is -2.17. The minimum Gasteiger partial charge on any atom is -0.298 e. The zero-order valence-electron chi connectivity index (χ0n) is 11.8. The number of rotatable bonds is 5. The van der Waals surface area contributed by atoms with Crippen LogP contribution in [-0.2, 0) is 13.1 Å². The third-order valence-electron chi connectivity index (χ3n) is 3.14. The molecule has 3 N–H and O–H groups in total. The Morgan fingerprint density at radius 2 is 1.81 bits per heavy atom. The first-order chi connectivity index (χ1) is 10.1. The zero-order valence-corrected chi connectivity index (χ0v) is 12.6. The Morgan fingerprint density at radius 3 is 2.43 bits per heavy atom. The van der Waals surface area contributed by atoms with E-state index in [-0.39, 0.29) is 5.91 Å². The van der Waals surface area contributed by atoms with Crippen LogP contribution in [0.3, 0.4) is 0 Å². The Labute approximate surface area is 129 Å². The number of hydrogen-bond acceptors (Lipinski definition) is 3. The maximum Gasteiger partial charge on any atom is 0.265 e. The molecular formula is C16H18ClN3O. The maximum absolute atomic E-state index is 11.4. The van der Waals surface area contributed by atoms with Gasteiger partial charge in [0.1, 0.15) is 0 Å². The molecule has 21 heavy (non-hydrogen) atoms. The van der Waals surface area contributed by atoms with E-state index < -0.39 is 0 Å². The van der Waals surface area contributed by atoms with Gasteiger partial charge in [0.05, 0.1) is 0 Å². The van der Waals surface area contributed by atoms with Crippen LogP contribution in [0.25, 0.3) is 0 Å². The smallest absolute Gasteiger partial charge is 0.265 e. The fourth-order valence-corrected chi connectivity index (χ4v) is 2.37. The molecular weight excluding hydrogens is 286 g/mol. The normalized spacial score (nSPS) is 10.7. The summed E-state index contributed by atoms with van der Waals surface area (Å²) in [5, 5.41) is 0.748. The summed E-state index contributed by atoms with van der Waals surface area (Å²) in [4.78, 5) is 13.5.